The van der Waals surface area contributed by atoms with Gasteiger partial charge in [0.1, 0.15) is 0 Å². The lowest BCUT2D eigenvalue weighted by Gasteiger charge is -2.15. The van der Waals surface area contributed by atoms with E-state index in [4.69, 9.17) is 0 Å². The lowest BCUT2D eigenvalue weighted by molar-refractivity contribution is 0.0955. The zero-order valence-electron chi connectivity index (χ0n) is 16.3. The second-order valence-corrected chi connectivity index (χ2v) is 6.67. The van der Waals surface area contributed by atoms with Gasteiger partial charge in [-0.1, -0.05) is 6.92 Å². The number of nitrogens with one attached hydrogen (secondary N) is 2. The quantitative estimate of drug-likeness (QED) is 0.704. The van der Waals surface area contributed by atoms with Crippen molar-refractivity contribution in [2.45, 2.75) is 13.5 Å². The standard InChI is InChI=1S/C21H26N4O2/c1-5-24(4)10-11-25-18-8-6-14(20(26)22-2)12-16(18)17-13-15(21(27)23-3)7-9-19(17)25/h6-9,12-13H,5,10-11H2,1-4H3,(H,22,26)(H,23,27). The molecule has 2 aromatic carbocycles. The van der Waals surface area contributed by atoms with Gasteiger partial charge in [0.05, 0.1) is 0 Å². The van der Waals surface area contributed by atoms with E-state index >= 15 is 0 Å². The topological polar surface area (TPSA) is 66.4 Å². The van der Waals surface area contributed by atoms with Crippen molar-refractivity contribution in [2.24, 2.45) is 0 Å². The molecule has 3 aromatic rings. The Morgan fingerprint density at radius 3 is 1.81 bits per heavy atom. The van der Waals surface area contributed by atoms with Gasteiger partial charge in [0.2, 0.25) is 0 Å². The minimum atomic E-state index is -0.119. The maximum atomic E-state index is 12.1. The second-order valence-electron chi connectivity index (χ2n) is 6.67. The van der Waals surface area contributed by atoms with E-state index in [-0.39, 0.29) is 11.8 Å². The highest BCUT2D eigenvalue weighted by atomic mass is 16.2. The summed E-state index contributed by atoms with van der Waals surface area (Å²) in [5, 5.41) is 7.31. The van der Waals surface area contributed by atoms with Crippen LogP contribution in [0.3, 0.4) is 0 Å². The number of amides is 2. The zero-order chi connectivity index (χ0) is 19.6. The second kappa shape index (κ2) is 7.80. The first kappa shape index (κ1) is 18.9. The van der Waals surface area contributed by atoms with Gasteiger partial charge in [-0.3, -0.25) is 9.59 Å². The van der Waals surface area contributed by atoms with Crippen LogP contribution in [-0.2, 0) is 6.54 Å². The van der Waals surface area contributed by atoms with Crippen molar-refractivity contribution in [3.05, 3.63) is 47.5 Å². The van der Waals surface area contributed by atoms with Crippen LogP contribution in [0.2, 0.25) is 0 Å². The number of hydrogen-bond acceptors (Lipinski definition) is 3. The molecule has 1 heterocycles. The summed E-state index contributed by atoms with van der Waals surface area (Å²) >= 11 is 0. The van der Waals surface area contributed by atoms with Crippen molar-refractivity contribution < 1.29 is 9.59 Å². The Morgan fingerprint density at radius 1 is 0.926 bits per heavy atom. The van der Waals surface area contributed by atoms with Crippen LogP contribution < -0.4 is 10.6 Å². The smallest absolute Gasteiger partial charge is 0.251 e. The van der Waals surface area contributed by atoms with Crippen LogP contribution in [-0.4, -0.2) is 55.5 Å². The van der Waals surface area contributed by atoms with Crippen molar-refractivity contribution >= 4 is 33.6 Å². The highest BCUT2D eigenvalue weighted by Crippen LogP contribution is 2.31. The van der Waals surface area contributed by atoms with E-state index in [1.165, 1.54) is 0 Å². The molecule has 0 atom stereocenters. The molecule has 0 bridgehead atoms. The SMILES string of the molecule is CCN(C)CCn1c2ccc(C(=O)NC)cc2c2cc(C(=O)NC)ccc21. The molecule has 1 aromatic heterocycles. The third-order valence-corrected chi connectivity index (χ3v) is 5.09. The molecule has 6 heteroatoms. The van der Waals surface area contributed by atoms with Crippen molar-refractivity contribution in [3.63, 3.8) is 0 Å². The molecule has 142 valence electrons. The van der Waals surface area contributed by atoms with E-state index in [1.54, 1.807) is 14.1 Å². The van der Waals surface area contributed by atoms with Gasteiger partial charge in [0.15, 0.2) is 0 Å². The summed E-state index contributed by atoms with van der Waals surface area (Å²) in [6.45, 7) is 4.88. The predicted molar refractivity (Wildman–Crippen MR) is 109 cm³/mol. The number of benzene rings is 2. The zero-order valence-corrected chi connectivity index (χ0v) is 16.3. The number of nitrogens with zero attached hydrogens (tertiary/aromatic N) is 2. The fraction of sp³-hybridized carbons (Fsp3) is 0.333. The van der Waals surface area contributed by atoms with Crippen molar-refractivity contribution in [2.75, 3.05) is 34.2 Å². The maximum absolute atomic E-state index is 12.1. The summed E-state index contributed by atoms with van der Waals surface area (Å²) in [7, 11) is 5.35. The average Bonchev–Trinajstić information content (AvgIpc) is 3.02. The van der Waals surface area contributed by atoms with Gasteiger partial charge in [-0.2, -0.15) is 0 Å². The number of likely N-dealkylation sites (N-methyl/N-ethyl adjacent to an activating group) is 1. The Morgan fingerprint density at radius 2 is 1.41 bits per heavy atom. The lowest BCUT2D eigenvalue weighted by Crippen LogP contribution is -2.22. The van der Waals surface area contributed by atoms with Crippen LogP contribution in [0.5, 0.6) is 0 Å². The molecule has 3 rings (SSSR count). The van der Waals surface area contributed by atoms with Gasteiger partial charge in [-0.05, 0) is 50.0 Å². The van der Waals surface area contributed by atoms with Crippen LogP contribution in [0.1, 0.15) is 27.6 Å². The summed E-state index contributed by atoms with van der Waals surface area (Å²) in [5.74, 6) is -0.239. The van der Waals surface area contributed by atoms with Gasteiger partial charge < -0.3 is 20.1 Å². The Balaban J connectivity index is 2.22. The van der Waals surface area contributed by atoms with Crippen LogP contribution >= 0.6 is 0 Å². The largest absolute Gasteiger partial charge is 0.355 e. The Bertz CT molecular complexity index is 933. The highest BCUT2D eigenvalue weighted by Gasteiger charge is 2.15. The molecule has 6 nitrogen and oxygen atoms in total. The van der Waals surface area contributed by atoms with Crippen molar-refractivity contribution in [1.82, 2.24) is 20.1 Å². The minimum Gasteiger partial charge on any atom is -0.355 e. The first-order valence-electron chi connectivity index (χ1n) is 9.18. The fourth-order valence-electron chi connectivity index (χ4n) is 3.34. The van der Waals surface area contributed by atoms with Gasteiger partial charge in [-0.15, -0.1) is 0 Å². The average molecular weight is 366 g/mol. The van der Waals surface area contributed by atoms with E-state index in [9.17, 15) is 9.59 Å². The third-order valence-electron chi connectivity index (χ3n) is 5.09. The van der Waals surface area contributed by atoms with Crippen LogP contribution in [0.4, 0.5) is 0 Å². The first-order valence-corrected chi connectivity index (χ1v) is 9.18. The molecule has 0 spiro atoms. The molecule has 0 aliphatic rings. The summed E-state index contributed by atoms with van der Waals surface area (Å²) in [6, 6.07) is 11.5. The number of carbonyl (C=O) groups excluding carboxylic acids is 2. The first-order chi connectivity index (χ1) is 13.0. The van der Waals surface area contributed by atoms with Crippen molar-refractivity contribution in [1.29, 1.82) is 0 Å². The molecule has 0 aliphatic carbocycles. The van der Waals surface area contributed by atoms with Gasteiger partial charge in [0.25, 0.3) is 11.8 Å². The van der Waals surface area contributed by atoms with E-state index in [1.807, 2.05) is 36.4 Å². The van der Waals surface area contributed by atoms with Gasteiger partial charge >= 0.3 is 0 Å². The number of fused-ring (bicyclic) bond motifs is 3. The molecule has 0 aliphatic heterocycles. The van der Waals surface area contributed by atoms with Crippen LogP contribution in [0.25, 0.3) is 21.8 Å². The van der Waals surface area contributed by atoms with Crippen LogP contribution in [0.15, 0.2) is 36.4 Å². The predicted octanol–water partition coefficient (Wildman–Crippen LogP) is 2.47. The molecule has 27 heavy (non-hydrogen) atoms. The molecule has 0 unspecified atom stereocenters. The lowest BCUT2D eigenvalue weighted by atomic mass is 10.1. The molecular weight excluding hydrogens is 340 g/mol. The van der Waals surface area contributed by atoms with E-state index in [0.717, 1.165) is 41.4 Å². The number of aromatic nitrogens is 1. The van der Waals surface area contributed by atoms with E-state index in [0.29, 0.717) is 11.1 Å². The molecule has 0 radical (unpaired) electrons. The number of hydrogen-bond donors (Lipinski definition) is 2. The Labute approximate surface area is 159 Å². The maximum Gasteiger partial charge on any atom is 0.251 e. The molecule has 0 saturated carbocycles. The monoisotopic (exact) mass is 366 g/mol. The van der Waals surface area contributed by atoms with Crippen LogP contribution in [0, 0.1) is 0 Å². The Hall–Kier alpha value is -2.86. The van der Waals surface area contributed by atoms with Crippen molar-refractivity contribution in [3.8, 4) is 0 Å². The highest BCUT2D eigenvalue weighted by molar-refractivity contribution is 6.12. The minimum absolute atomic E-state index is 0.119. The summed E-state index contributed by atoms with van der Waals surface area (Å²) in [6.07, 6.45) is 0. The molecule has 2 N–H and O–H groups in total. The molecular formula is C21H26N4O2. The Kier molecular flexibility index (Phi) is 5.46. The number of rotatable bonds is 6. The van der Waals surface area contributed by atoms with E-state index < -0.39 is 0 Å². The van der Waals surface area contributed by atoms with E-state index in [2.05, 4.69) is 34.1 Å². The molecule has 0 fully saturated rings. The van der Waals surface area contributed by atoms with Gasteiger partial charge in [-0.25, -0.2) is 0 Å². The molecule has 2 amide bonds. The molecule has 0 saturated heterocycles. The normalized spacial score (nSPS) is 11.3. The van der Waals surface area contributed by atoms with Gasteiger partial charge in [0, 0.05) is 60.1 Å². The fourth-order valence-corrected chi connectivity index (χ4v) is 3.34. The summed E-state index contributed by atoms with van der Waals surface area (Å²) in [5.41, 5.74) is 3.35. The summed E-state index contributed by atoms with van der Waals surface area (Å²) in [4.78, 5) is 26.4. The summed E-state index contributed by atoms with van der Waals surface area (Å²) < 4.78 is 2.26. The number of carbonyl (C=O) groups is 2. The third kappa shape index (κ3) is 3.53.